The fourth-order valence-corrected chi connectivity index (χ4v) is 3.30. The molecule has 1 amide bonds. The summed E-state index contributed by atoms with van der Waals surface area (Å²) >= 11 is 0. The van der Waals surface area contributed by atoms with E-state index in [2.05, 4.69) is 10.2 Å². The van der Waals surface area contributed by atoms with Crippen LogP contribution in [0, 0.1) is 0 Å². The number of hydrogen-bond donors (Lipinski definition) is 1. The van der Waals surface area contributed by atoms with Crippen molar-refractivity contribution < 1.29 is 9.53 Å². The van der Waals surface area contributed by atoms with Gasteiger partial charge in [-0.15, -0.1) is 0 Å². The Morgan fingerprint density at radius 1 is 1.24 bits per heavy atom. The fourth-order valence-electron chi connectivity index (χ4n) is 3.30. The average Bonchev–Trinajstić information content (AvgIpc) is 2.88. The summed E-state index contributed by atoms with van der Waals surface area (Å²) in [6, 6.07) is 1.19. The zero-order valence-electron chi connectivity index (χ0n) is 10.4. The summed E-state index contributed by atoms with van der Waals surface area (Å²) < 4.78 is 5.54. The van der Waals surface area contributed by atoms with E-state index in [1.54, 1.807) is 0 Å². The number of carbonyl (C=O) groups is 1. The topological polar surface area (TPSA) is 41.6 Å². The highest BCUT2D eigenvalue weighted by atomic mass is 16.5. The maximum absolute atomic E-state index is 12.2. The van der Waals surface area contributed by atoms with Crippen molar-refractivity contribution in [3.63, 3.8) is 0 Å². The fraction of sp³-hybridized carbons (Fsp3) is 0.923. The first kappa shape index (κ1) is 11.5. The summed E-state index contributed by atoms with van der Waals surface area (Å²) in [6.45, 7) is 2.67. The number of amides is 1. The predicted octanol–water partition coefficient (Wildman–Crippen LogP) is 0.908. The maximum Gasteiger partial charge on any atom is 0.225 e. The Hall–Kier alpha value is -0.610. The van der Waals surface area contributed by atoms with Gasteiger partial charge >= 0.3 is 0 Å². The van der Waals surface area contributed by atoms with Gasteiger partial charge in [-0.2, -0.15) is 0 Å². The van der Waals surface area contributed by atoms with Crippen LogP contribution in [-0.2, 0) is 9.53 Å². The summed E-state index contributed by atoms with van der Waals surface area (Å²) in [7, 11) is 0. The monoisotopic (exact) mass is 238 g/mol. The van der Waals surface area contributed by atoms with E-state index in [-0.39, 0.29) is 6.10 Å². The van der Waals surface area contributed by atoms with Crippen LogP contribution in [0.5, 0.6) is 0 Å². The highest BCUT2D eigenvalue weighted by Crippen LogP contribution is 2.22. The van der Waals surface area contributed by atoms with Crippen LogP contribution in [-0.4, -0.2) is 48.7 Å². The van der Waals surface area contributed by atoms with E-state index >= 15 is 0 Å². The van der Waals surface area contributed by atoms with Gasteiger partial charge in [-0.25, -0.2) is 0 Å². The third kappa shape index (κ3) is 2.63. The van der Waals surface area contributed by atoms with Crippen molar-refractivity contribution in [2.75, 3.05) is 19.7 Å². The van der Waals surface area contributed by atoms with Crippen molar-refractivity contribution >= 4 is 5.91 Å². The Morgan fingerprint density at radius 2 is 2.12 bits per heavy atom. The minimum atomic E-state index is 0.191. The van der Waals surface area contributed by atoms with Crippen molar-refractivity contribution in [3.8, 4) is 0 Å². The highest BCUT2D eigenvalue weighted by molar-refractivity contribution is 5.76. The number of carbonyl (C=O) groups excluding carboxylic acids is 1. The van der Waals surface area contributed by atoms with Crippen LogP contribution in [0.15, 0.2) is 0 Å². The number of nitrogens with zero attached hydrogens (tertiary/aromatic N) is 1. The molecule has 0 aliphatic carbocycles. The largest absolute Gasteiger partial charge is 0.378 e. The molecule has 3 fully saturated rings. The molecule has 3 aliphatic rings. The minimum absolute atomic E-state index is 0.191. The molecule has 3 saturated heterocycles. The lowest BCUT2D eigenvalue weighted by atomic mass is 10.1. The molecular weight excluding hydrogens is 216 g/mol. The first-order valence-corrected chi connectivity index (χ1v) is 6.96. The molecule has 0 saturated carbocycles. The lowest BCUT2D eigenvalue weighted by Crippen LogP contribution is -2.40. The van der Waals surface area contributed by atoms with Gasteiger partial charge in [0.15, 0.2) is 0 Å². The molecule has 3 heterocycles. The number of rotatable bonds is 2. The molecule has 0 aromatic carbocycles. The van der Waals surface area contributed by atoms with Gasteiger partial charge < -0.3 is 15.0 Å². The zero-order chi connectivity index (χ0) is 11.7. The third-order valence-corrected chi connectivity index (χ3v) is 4.30. The van der Waals surface area contributed by atoms with E-state index in [1.807, 2.05) is 0 Å². The Morgan fingerprint density at radius 3 is 2.94 bits per heavy atom. The van der Waals surface area contributed by atoms with Crippen LogP contribution in [0.25, 0.3) is 0 Å². The quantitative estimate of drug-likeness (QED) is 0.777. The number of nitrogens with one attached hydrogen (secondary N) is 1. The number of ether oxygens (including phenoxy) is 1. The van der Waals surface area contributed by atoms with Crippen LogP contribution >= 0.6 is 0 Å². The smallest absolute Gasteiger partial charge is 0.225 e. The molecule has 2 bridgehead atoms. The molecule has 17 heavy (non-hydrogen) atoms. The Bertz CT molecular complexity index is 289. The summed E-state index contributed by atoms with van der Waals surface area (Å²) in [6.07, 6.45) is 6.60. The first-order valence-electron chi connectivity index (χ1n) is 6.96. The number of likely N-dealkylation sites (tertiary alicyclic amines) is 1. The van der Waals surface area contributed by atoms with Gasteiger partial charge in [0.2, 0.25) is 5.91 Å². The van der Waals surface area contributed by atoms with Crippen molar-refractivity contribution in [2.24, 2.45) is 0 Å². The molecule has 3 rings (SSSR count). The molecule has 0 aromatic heterocycles. The van der Waals surface area contributed by atoms with Crippen molar-refractivity contribution in [2.45, 2.75) is 56.7 Å². The Labute approximate surface area is 103 Å². The summed E-state index contributed by atoms with van der Waals surface area (Å²) in [4.78, 5) is 14.3. The predicted molar refractivity (Wildman–Crippen MR) is 64.7 cm³/mol. The Balaban J connectivity index is 1.54. The van der Waals surface area contributed by atoms with Crippen molar-refractivity contribution in [1.82, 2.24) is 10.2 Å². The molecule has 96 valence electrons. The molecule has 0 aromatic rings. The number of fused-ring (bicyclic) bond motifs is 2. The average molecular weight is 238 g/mol. The van der Waals surface area contributed by atoms with Crippen LogP contribution < -0.4 is 5.32 Å². The summed E-state index contributed by atoms with van der Waals surface area (Å²) in [5.74, 6) is 0.297. The van der Waals surface area contributed by atoms with Gasteiger partial charge in [0.1, 0.15) is 0 Å². The molecule has 3 atom stereocenters. The van der Waals surface area contributed by atoms with E-state index in [1.165, 1.54) is 12.8 Å². The van der Waals surface area contributed by atoms with E-state index in [0.717, 1.165) is 39.0 Å². The van der Waals surface area contributed by atoms with E-state index in [0.29, 0.717) is 24.4 Å². The van der Waals surface area contributed by atoms with Crippen LogP contribution in [0.1, 0.15) is 38.5 Å². The van der Waals surface area contributed by atoms with Gasteiger partial charge in [0, 0.05) is 31.8 Å². The van der Waals surface area contributed by atoms with E-state index in [4.69, 9.17) is 4.74 Å². The normalized spacial score (nSPS) is 37.2. The molecule has 4 heteroatoms. The highest BCUT2D eigenvalue weighted by Gasteiger charge is 2.32. The zero-order valence-corrected chi connectivity index (χ0v) is 10.4. The minimum Gasteiger partial charge on any atom is -0.378 e. The maximum atomic E-state index is 12.2. The molecule has 0 spiro atoms. The lowest BCUT2D eigenvalue weighted by molar-refractivity contribution is -0.133. The van der Waals surface area contributed by atoms with Gasteiger partial charge in [0.25, 0.3) is 0 Å². The van der Waals surface area contributed by atoms with Crippen molar-refractivity contribution in [3.05, 3.63) is 0 Å². The van der Waals surface area contributed by atoms with E-state index in [9.17, 15) is 4.79 Å². The van der Waals surface area contributed by atoms with Gasteiger partial charge in [-0.05, 0) is 32.1 Å². The van der Waals surface area contributed by atoms with Gasteiger partial charge in [0.05, 0.1) is 12.5 Å². The van der Waals surface area contributed by atoms with Crippen molar-refractivity contribution in [1.29, 1.82) is 0 Å². The second kappa shape index (κ2) is 4.94. The SMILES string of the molecule is O=C(CC1CCCO1)N1CCC2CCC(C1)N2. The summed E-state index contributed by atoms with van der Waals surface area (Å²) in [5, 5.41) is 3.61. The van der Waals surface area contributed by atoms with Gasteiger partial charge in [-0.1, -0.05) is 0 Å². The molecule has 3 aliphatic heterocycles. The van der Waals surface area contributed by atoms with Crippen LogP contribution in [0.3, 0.4) is 0 Å². The third-order valence-electron chi connectivity index (χ3n) is 4.30. The molecule has 1 N–H and O–H groups in total. The molecule has 4 nitrogen and oxygen atoms in total. The van der Waals surface area contributed by atoms with E-state index < -0.39 is 0 Å². The molecule has 3 unspecified atom stereocenters. The first-order chi connectivity index (χ1) is 8.31. The molecule has 0 radical (unpaired) electrons. The second-order valence-corrected chi connectivity index (χ2v) is 5.61. The van der Waals surface area contributed by atoms with Crippen LogP contribution in [0.4, 0.5) is 0 Å². The van der Waals surface area contributed by atoms with Crippen LogP contribution in [0.2, 0.25) is 0 Å². The standard InChI is InChI=1S/C13H22N2O2/c16-13(8-12-2-1-7-17-12)15-6-5-10-3-4-11(9-15)14-10/h10-12,14H,1-9H2. The second-order valence-electron chi connectivity index (χ2n) is 5.61. The lowest BCUT2D eigenvalue weighted by Gasteiger charge is -2.25. The molecular formula is C13H22N2O2. The summed E-state index contributed by atoms with van der Waals surface area (Å²) in [5.41, 5.74) is 0. The Kier molecular flexibility index (Phi) is 3.34. The van der Waals surface area contributed by atoms with Gasteiger partial charge in [-0.3, -0.25) is 4.79 Å². The number of hydrogen-bond acceptors (Lipinski definition) is 3.